The molecule has 0 unspecified atom stereocenters. The minimum Gasteiger partial charge on any atom is -0.474 e. The summed E-state index contributed by atoms with van der Waals surface area (Å²) in [6.45, 7) is 1.94. The van der Waals surface area contributed by atoms with Gasteiger partial charge >= 0.3 is 6.16 Å². The van der Waals surface area contributed by atoms with Crippen LogP contribution in [0.15, 0.2) is 71.3 Å². The van der Waals surface area contributed by atoms with Crippen LogP contribution in [0.5, 0.6) is 5.88 Å². The number of pyridine rings is 1. The molecule has 8 heteroatoms. The molecule has 39 heavy (non-hydrogen) atoms. The van der Waals surface area contributed by atoms with E-state index in [1.54, 1.807) is 0 Å². The van der Waals surface area contributed by atoms with E-state index in [0.717, 1.165) is 41.5 Å². The number of benzene rings is 2. The van der Waals surface area contributed by atoms with Crippen molar-refractivity contribution in [2.75, 3.05) is 5.32 Å². The fourth-order valence-corrected chi connectivity index (χ4v) is 4.92. The van der Waals surface area contributed by atoms with Gasteiger partial charge in [0.25, 0.3) is 0 Å². The fraction of sp³-hybridized carbons (Fsp3) is 0.323. The highest BCUT2D eigenvalue weighted by molar-refractivity contribution is 5.79. The van der Waals surface area contributed by atoms with Crippen LogP contribution < -0.4 is 10.1 Å². The van der Waals surface area contributed by atoms with Crippen LogP contribution in [0.1, 0.15) is 62.1 Å². The number of carbonyl (C=O) groups is 1. The van der Waals surface area contributed by atoms with Crippen LogP contribution in [0.3, 0.4) is 0 Å². The summed E-state index contributed by atoms with van der Waals surface area (Å²) in [6.07, 6.45) is 7.07. The summed E-state index contributed by atoms with van der Waals surface area (Å²) in [7, 11) is 0. The molecule has 2 heterocycles. The first-order valence-corrected chi connectivity index (χ1v) is 13.5. The van der Waals surface area contributed by atoms with E-state index in [2.05, 4.69) is 59.0 Å². The molecule has 2 fully saturated rings. The molecule has 202 valence electrons. The third-order valence-electron chi connectivity index (χ3n) is 7.12. The lowest BCUT2D eigenvalue weighted by atomic mass is 9.98. The normalized spacial score (nSPS) is 15.2. The van der Waals surface area contributed by atoms with Gasteiger partial charge in [-0.25, -0.2) is 4.79 Å². The number of hydrogen-bond donors (Lipinski definition) is 3. The second-order valence-corrected chi connectivity index (χ2v) is 10.1. The Morgan fingerprint density at radius 3 is 2.13 bits per heavy atom. The first-order valence-electron chi connectivity index (χ1n) is 13.5. The maximum absolute atomic E-state index is 8.56. The molecule has 2 aromatic carbocycles. The zero-order valence-corrected chi connectivity index (χ0v) is 22.0. The van der Waals surface area contributed by atoms with E-state index < -0.39 is 6.16 Å². The molecule has 0 saturated heterocycles. The minimum atomic E-state index is -1.83. The van der Waals surface area contributed by atoms with E-state index in [1.165, 1.54) is 48.8 Å². The lowest BCUT2D eigenvalue weighted by Gasteiger charge is -2.22. The standard InChI is InChI=1S/C30H31N3O2.CH2O3/c1-20-29(32-27-8-5-9-28(31-27)34-26-6-3-2-4-7-26)30(35-33-20)25-18-16-24(17-19-25)23-14-12-22(13-15-23)21-10-11-21;2-1(3)4/h5,8-9,12-19,21,26H,2-4,6-7,10-11H2,1H3,(H,31,32);(H2,2,3,4). The van der Waals surface area contributed by atoms with Gasteiger partial charge in [0, 0.05) is 11.6 Å². The number of nitrogens with one attached hydrogen (secondary N) is 1. The quantitative estimate of drug-likeness (QED) is 0.220. The van der Waals surface area contributed by atoms with Crippen LogP contribution in [-0.4, -0.2) is 32.6 Å². The minimum absolute atomic E-state index is 0.266. The van der Waals surface area contributed by atoms with Crippen molar-refractivity contribution in [3.05, 3.63) is 78.0 Å². The first-order chi connectivity index (χ1) is 19.0. The SMILES string of the molecule is Cc1noc(-c2ccc(-c3ccc(C4CC4)cc3)cc2)c1Nc1cccc(OC2CCCCC2)n1.O=C(O)O. The van der Waals surface area contributed by atoms with Gasteiger partial charge in [0.05, 0.1) is 0 Å². The average Bonchev–Trinajstić information content (AvgIpc) is 3.73. The molecule has 2 aliphatic carbocycles. The molecule has 0 aliphatic heterocycles. The van der Waals surface area contributed by atoms with Gasteiger partial charge in [0.1, 0.15) is 23.3 Å². The van der Waals surface area contributed by atoms with Crippen molar-refractivity contribution in [1.29, 1.82) is 0 Å². The van der Waals surface area contributed by atoms with Gasteiger partial charge in [-0.3, -0.25) is 0 Å². The lowest BCUT2D eigenvalue weighted by molar-refractivity contribution is 0.137. The van der Waals surface area contributed by atoms with Gasteiger partial charge in [0.15, 0.2) is 5.76 Å². The van der Waals surface area contributed by atoms with Crippen molar-refractivity contribution in [2.24, 2.45) is 0 Å². The number of anilines is 2. The zero-order chi connectivity index (χ0) is 27.2. The van der Waals surface area contributed by atoms with Gasteiger partial charge in [0.2, 0.25) is 5.88 Å². The largest absolute Gasteiger partial charge is 0.503 e. The van der Waals surface area contributed by atoms with E-state index in [1.807, 2.05) is 25.1 Å². The molecule has 8 nitrogen and oxygen atoms in total. The summed E-state index contributed by atoms with van der Waals surface area (Å²) >= 11 is 0. The zero-order valence-electron chi connectivity index (χ0n) is 22.0. The number of aryl methyl sites for hydroxylation is 1. The topological polar surface area (TPSA) is 118 Å². The summed E-state index contributed by atoms with van der Waals surface area (Å²) in [5, 5.41) is 21.6. The van der Waals surface area contributed by atoms with E-state index in [9.17, 15) is 0 Å². The maximum atomic E-state index is 8.56. The molecule has 2 aliphatic rings. The average molecular weight is 528 g/mol. The molecule has 0 spiro atoms. The smallest absolute Gasteiger partial charge is 0.474 e. The van der Waals surface area contributed by atoms with Gasteiger partial charge in [-0.15, -0.1) is 0 Å². The van der Waals surface area contributed by atoms with Crippen LogP contribution in [-0.2, 0) is 0 Å². The fourth-order valence-electron chi connectivity index (χ4n) is 4.92. The van der Waals surface area contributed by atoms with Gasteiger partial charge in [-0.05, 0) is 74.1 Å². The van der Waals surface area contributed by atoms with Crippen molar-refractivity contribution in [3.8, 4) is 28.3 Å². The Morgan fingerprint density at radius 1 is 0.872 bits per heavy atom. The highest BCUT2D eigenvalue weighted by Gasteiger charge is 2.23. The Morgan fingerprint density at radius 2 is 1.49 bits per heavy atom. The lowest BCUT2D eigenvalue weighted by Crippen LogP contribution is -2.20. The maximum Gasteiger partial charge on any atom is 0.503 e. The number of rotatable bonds is 7. The third-order valence-corrected chi connectivity index (χ3v) is 7.12. The molecule has 4 aromatic rings. The summed E-state index contributed by atoms with van der Waals surface area (Å²) < 4.78 is 11.9. The van der Waals surface area contributed by atoms with Crippen LogP contribution in [0.4, 0.5) is 16.3 Å². The van der Waals surface area contributed by atoms with E-state index in [-0.39, 0.29) is 6.10 Å². The first kappa shape index (κ1) is 26.3. The second kappa shape index (κ2) is 12.0. The number of hydrogen-bond acceptors (Lipinski definition) is 6. The summed E-state index contributed by atoms with van der Waals surface area (Å²) in [6, 6.07) is 23.3. The van der Waals surface area contributed by atoms with Crippen molar-refractivity contribution < 1.29 is 24.3 Å². The van der Waals surface area contributed by atoms with Gasteiger partial charge in [-0.2, -0.15) is 4.98 Å². The second-order valence-electron chi connectivity index (χ2n) is 10.1. The van der Waals surface area contributed by atoms with Crippen molar-refractivity contribution >= 4 is 17.7 Å². The summed E-state index contributed by atoms with van der Waals surface area (Å²) in [5.41, 5.74) is 6.47. The summed E-state index contributed by atoms with van der Waals surface area (Å²) in [5.74, 6) is 2.87. The van der Waals surface area contributed by atoms with Crippen LogP contribution >= 0.6 is 0 Å². The molecule has 2 saturated carbocycles. The van der Waals surface area contributed by atoms with E-state index in [0.29, 0.717) is 11.6 Å². The number of nitrogens with zero attached hydrogens (tertiary/aromatic N) is 2. The molecular weight excluding hydrogens is 494 g/mol. The van der Waals surface area contributed by atoms with Gasteiger partial charge < -0.3 is 24.8 Å². The number of ether oxygens (including phenoxy) is 1. The van der Waals surface area contributed by atoms with Crippen LogP contribution in [0, 0.1) is 6.92 Å². The molecule has 0 bridgehead atoms. The molecular formula is C31H33N3O5. The Balaban J connectivity index is 0.000000723. The molecule has 0 radical (unpaired) electrons. The molecule has 2 aromatic heterocycles. The Kier molecular flexibility index (Phi) is 8.10. The molecule has 0 amide bonds. The number of aromatic nitrogens is 2. The Labute approximate surface area is 227 Å². The Bertz CT molecular complexity index is 1380. The van der Waals surface area contributed by atoms with Crippen molar-refractivity contribution in [3.63, 3.8) is 0 Å². The molecule has 6 rings (SSSR count). The van der Waals surface area contributed by atoms with Crippen LogP contribution in [0.25, 0.3) is 22.5 Å². The van der Waals surface area contributed by atoms with E-state index >= 15 is 0 Å². The summed E-state index contributed by atoms with van der Waals surface area (Å²) in [4.78, 5) is 13.2. The monoisotopic (exact) mass is 527 g/mol. The predicted octanol–water partition coefficient (Wildman–Crippen LogP) is 8.27. The Hall–Kier alpha value is -4.33. The van der Waals surface area contributed by atoms with Gasteiger partial charge in [-0.1, -0.05) is 66.2 Å². The van der Waals surface area contributed by atoms with Crippen molar-refractivity contribution in [1.82, 2.24) is 10.1 Å². The highest BCUT2D eigenvalue weighted by Crippen LogP contribution is 2.40. The van der Waals surface area contributed by atoms with E-state index in [4.69, 9.17) is 29.3 Å². The predicted molar refractivity (Wildman–Crippen MR) is 150 cm³/mol. The van der Waals surface area contributed by atoms with Crippen molar-refractivity contribution in [2.45, 2.75) is 63.9 Å². The molecule has 0 atom stereocenters. The molecule has 3 N–H and O–H groups in total. The third kappa shape index (κ3) is 6.96. The van der Waals surface area contributed by atoms with Crippen LogP contribution in [0.2, 0.25) is 0 Å². The number of carboxylic acid groups (broad SMARTS) is 2. The highest BCUT2D eigenvalue weighted by atomic mass is 16.6.